The molecule has 100 valence electrons. The van der Waals surface area contributed by atoms with Crippen molar-refractivity contribution < 1.29 is 9.18 Å². The predicted octanol–water partition coefficient (Wildman–Crippen LogP) is 3.16. The highest BCUT2D eigenvalue weighted by atomic mass is 19.1. The van der Waals surface area contributed by atoms with Gasteiger partial charge in [-0.3, -0.25) is 4.79 Å². The van der Waals surface area contributed by atoms with Crippen LogP contribution < -0.4 is 11.1 Å². The first-order valence-corrected chi connectivity index (χ1v) is 6.26. The quantitative estimate of drug-likeness (QED) is 0.817. The number of anilines is 1. The lowest BCUT2D eigenvalue weighted by Gasteiger charge is -2.17. The molecular formula is C14H21FN2O. The number of amides is 1. The van der Waals surface area contributed by atoms with E-state index in [1.165, 1.54) is 18.2 Å². The lowest BCUT2D eigenvalue weighted by molar-refractivity contribution is 0.100. The summed E-state index contributed by atoms with van der Waals surface area (Å²) in [5.74, 6) is -0.291. The Kier molecular flexibility index (Phi) is 5.13. The first-order chi connectivity index (χ1) is 8.40. The largest absolute Gasteiger partial charge is 0.380 e. The van der Waals surface area contributed by atoms with E-state index in [4.69, 9.17) is 5.73 Å². The van der Waals surface area contributed by atoms with Crippen molar-refractivity contribution in [1.29, 1.82) is 0 Å². The number of hydrogen-bond acceptors (Lipinski definition) is 2. The van der Waals surface area contributed by atoms with Crippen molar-refractivity contribution in [2.24, 2.45) is 11.7 Å². The maximum absolute atomic E-state index is 13.6. The van der Waals surface area contributed by atoms with Crippen molar-refractivity contribution >= 4 is 11.6 Å². The van der Waals surface area contributed by atoms with Gasteiger partial charge in [0.1, 0.15) is 5.82 Å². The van der Waals surface area contributed by atoms with Crippen molar-refractivity contribution in [2.75, 3.05) is 5.32 Å². The number of hydrogen-bond donors (Lipinski definition) is 2. The number of carbonyl (C=O) groups is 1. The Hall–Kier alpha value is -1.58. The van der Waals surface area contributed by atoms with Crippen LogP contribution >= 0.6 is 0 Å². The third-order valence-electron chi connectivity index (χ3n) is 2.83. The van der Waals surface area contributed by atoms with Crippen molar-refractivity contribution in [3.63, 3.8) is 0 Å². The minimum Gasteiger partial charge on any atom is -0.380 e. The van der Waals surface area contributed by atoms with Gasteiger partial charge in [-0.25, -0.2) is 4.39 Å². The third kappa shape index (κ3) is 4.35. The van der Waals surface area contributed by atoms with Gasteiger partial charge >= 0.3 is 0 Å². The molecule has 4 heteroatoms. The highest BCUT2D eigenvalue weighted by Crippen LogP contribution is 2.18. The van der Waals surface area contributed by atoms with Crippen LogP contribution in [0.3, 0.4) is 0 Å². The van der Waals surface area contributed by atoms with Crippen LogP contribution in [0.5, 0.6) is 0 Å². The molecule has 3 nitrogen and oxygen atoms in total. The van der Waals surface area contributed by atoms with Crippen LogP contribution in [0.15, 0.2) is 18.2 Å². The lowest BCUT2D eigenvalue weighted by atomic mass is 10.0. The molecular weight excluding hydrogens is 231 g/mol. The molecule has 18 heavy (non-hydrogen) atoms. The van der Waals surface area contributed by atoms with Crippen LogP contribution in [0.4, 0.5) is 10.1 Å². The summed E-state index contributed by atoms with van der Waals surface area (Å²) in [6.45, 7) is 6.31. The monoisotopic (exact) mass is 252 g/mol. The number of rotatable bonds is 6. The van der Waals surface area contributed by atoms with Crippen LogP contribution in [0, 0.1) is 11.7 Å². The Balaban J connectivity index is 2.71. The molecule has 3 N–H and O–H groups in total. The molecule has 0 spiro atoms. The lowest BCUT2D eigenvalue weighted by Crippen LogP contribution is -2.18. The fourth-order valence-corrected chi connectivity index (χ4v) is 1.71. The van der Waals surface area contributed by atoms with E-state index in [0.717, 1.165) is 12.8 Å². The van der Waals surface area contributed by atoms with Gasteiger partial charge in [-0.2, -0.15) is 0 Å². The van der Waals surface area contributed by atoms with Gasteiger partial charge in [0, 0.05) is 11.6 Å². The van der Waals surface area contributed by atoms with E-state index in [-0.39, 0.29) is 11.9 Å². The van der Waals surface area contributed by atoms with Crippen molar-refractivity contribution in [3.8, 4) is 0 Å². The SMILES string of the molecule is CC(C)CCC(C)Nc1cc(C(N)=O)ccc1F. The number of benzene rings is 1. The summed E-state index contributed by atoms with van der Waals surface area (Å²) in [6, 6.07) is 4.27. The van der Waals surface area contributed by atoms with Gasteiger partial charge in [-0.15, -0.1) is 0 Å². The molecule has 0 aliphatic heterocycles. The average molecular weight is 252 g/mol. The van der Waals surface area contributed by atoms with Crippen LogP contribution in [-0.4, -0.2) is 11.9 Å². The maximum atomic E-state index is 13.6. The molecule has 1 aromatic carbocycles. The van der Waals surface area contributed by atoms with Crippen molar-refractivity contribution in [2.45, 2.75) is 39.7 Å². The molecule has 1 aromatic rings. The van der Waals surface area contributed by atoms with E-state index in [1.807, 2.05) is 6.92 Å². The number of halogens is 1. The smallest absolute Gasteiger partial charge is 0.248 e. The standard InChI is InChI=1S/C14H21FN2O/c1-9(2)4-5-10(3)17-13-8-11(14(16)18)6-7-12(13)15/h6-10,17H,4-5H2,1-3H3,(H2,16,18). The maximum Gasteiger partial charge on any atom is 0.248 e. The Morgan fingerprint density at radius 2 is 2.00 bits per heavy atom. The third-order valence-corrected chi connectivity index (χ3v) is 2.83. The number of primary amides is 1. The second kappa shape index (κ2) is 6.38. The van der Waals surface area contributed by atoms with Gasteiger partial charge in [0.15, 0.2) is 0 Å². The second-order valence-electron chi connectivity index (χ2n) is 5.08. The minimum atomic E-state index is -0.548. The van der Waals surface area contributed by atoms with Gasteiger partial charge < -0.3 is 11.1 Å². The summed E-state index contributed by atoms with van der Waals surface area (Å²) in [6.07, 6.45) is 2.03. The van der Waals surface area contributed by atoms with Crippen LogP contribution in [0.2, 0.25) is 0 Å². The first kappa shape index (κ1) is 14.5. The normalized spacial score (nSPS) is 12.5. The van der Waals surface area contributed by atoms with Gasteiger partial charge in [0.05, 0.1) is 5.69 Å². The zero-order valence-corrected chi connectivity index (χ0v) is 11.2. The number of carbonyl (C=O) groups excluding carboxylic acids is 1. The predicted molar refractivity (Wildman–Crippen MR) is 72.1 cm³/mol. The van der Waals surface area contributed by atoms with E-state index in [0.29, 0.717) is 17.2 Å². The molecule has 0 fully saturated rings. The summed E-state index contributed by atoms with van der Waals surface area (Å²) in [4.78, 5) is 11.0. The number of nitrogens with two attached hydrogens (primary N) is 1. The molecule has 0 aliphatic carbocycles. The molecule has 1 unspecified atom stereocenters. The van der Waals surface area contributed by atoms with Gasteiger partial charge in [-0.05, 0) is 43.9 Å². The Morgan fingerprint density at radius 3 is 2.56 bits per heavy atom. The summed E-state index contributed by atoms with van der Waals surface area (Å²) in [7, 11) is 0. The van der Waals surface area contributed by atoms with Crippen LogP contribution in [-0.2, 0) is 0 Å². The van der Waals surface area contributed by atoms with Gasteiger partial charge in [-0.1, -0.05) is 13.8 Å². The summed E-state index contributed by atoms with van der Waals surface area (Å²) >= 11 is 0. The van der Waals surface area contributed by atoms with Crippen molar-refractivity contribution in [1.82, 2.24) is 0 Å². The van der Waals surface area contributed by atoms with Crippen molar-refractivity contribution in [3.05, 3.63) is 29.6 Å². The molecule has 0 bridgehead atoms. The van der Waals surface area contributed by atoms with E-state index < -0.39 is 5.91 Å². The molecule has 1 atom stereocenters. The average Bonchev–Trinajstić information content (AvgIpc) is 2.29. The summed E-state index contributed by atoms with van der Waals surface area (Å²) in [5, 5.41) is 3.08. The Labute approximate surface area is 108 Å². The Bertz CT molecular complexity index is 418. The molecule has 0 heterocycles. The second-order valence-corrected chi connectivity index (χ2v) is 5.08. The topological polar surface area (TPSA) is 55.1 Å². The van der Waals surface area contributed by atoms with Gasteiger partial charge in [0.2, 0.25) is 5.91 Å². The Morgan fingerprint density at radius 1 is 1.33 bits per heavy atom. The van der Waals surface area contributed by atoms with Crippen LogP contribution in [0.1, 0.15) is 44.0 Å². The molecule has 0 saturated carbocycles. The fraction of sp³-hybridized carbons (Fsp3) is 0.500. The number of nitrogens with one attached hydrogen (secondary N) is 1. The van der Waals surface area contributed by atoms with Crippen LogP contribution in [0.25, 0.3) is 0 Å². The zero-order chi connectivity index (χ0) is 13.7. The van der Waals surface area contributed by atoms with E-state index >= 15 is 0 Å². The van der Waals surface area contributed by atoms with E-state index in [9.17, 15) is 9.18 Å². The fourth-order valence-electron chi connectivity index (χ4n) is 1.71. The highest BCUT2D eigenvalue weighted by Gasteiger charge is 2.10. The summed E-state index contributed by atoms with van der Waals surface area (Å²) in [5.41, 5.74) is 5.82. The molecule has 0 aromatic heterocycles. The van der Waals surface area contributed by atoms with E-state index in [1.54, 1.807) is 0 Å². The zero-order valence-electron chi connectivity index (χ0n) is 11.2. The van der Waals surface area contributed by atoms with Gasteiger partial charge in [0.25, 0.3) is 0 Å². The van der Waals surface area contributed by atoms with E-state index in [2.05, 4.69) is 19.2 Å². The molecule has 0 radical (unpaired) electrons. The molecule has 1 rings (SSSR count). The molecule has 0 aliphatic rings. The summed E-state index contributed by atoms with van der Waals surface area (Å²) < 4.78 is 13.6. The molecule has 0 saturated heterocycles. The molecule has 1 amide bonds. The first-order valence-electron chi connectivity index (χ1n) is 6.26. The minimum absolute atomic E-state index is 0.157. The highest BCUT2D eigenvalue weighted by molar-refractivity contribution is 5.93.